The number of hydrogen-bond acceptors (Lipinski definition) is 2. The van der Waals surface area contributed by atoms with E-state index in [2.05, 4.69) is 9.72 Å². The Balaban J connectivity index is 3.11. The summed E-state index contributed by atoms with van der Waals surface area (Å²) in [5.41, 5.74) is -0.248. The molecule has 2 nitrogen and oxygen atoms in total. The van der Waals surface area contributed by atoms with Crippen LogP contribution in [0, 0.1) is 0 Å². The van der Waals surface area contributed by atoms with Gasteiger partial charge >= 0.3 is 0 Å². The third kappa shape index (κ3) is 1.82. The van der Waals surface area contributed by atoms with Gasteiger partial charge < -0.3 is 4.74 Å². The van der Waals surface area contributed by atoms with E-state index in [4.69, 9.17) is 11.6 Å². The zero-order chi connectivity index (χ0) is 9.14. The predicted octanol–water partition coefficient (Wildman–Crippen LogP) is 2.68. The molecule has 1 aromatic rings. The summed E-state index contributed by atoms with van der Waals surface area (Å²) in [5, 5.41) is 0.135. The SMILES string of the molecule is COc1cc(Cl)ncc1C(F)F. The molecule has 0 bridgehead atoms. The topological polar surface area (TPSA) is 22.1 Å². The first-order valence-electron chi connectivity index (χ1n) is 3.12. The van der Waals surface area contributed by atoms with Gasteiger partial charge in [-0.05, 0) is 0 Å². The van der Waals surface area contributed by atoms with Crippen molar-refractivity contribution in [1.29, 1.82) is 0 Å². The summed E-state index contributed by atoms with van der Waals surface area (Å²) in [6.07, 6.45) is -1.59. The van der Waals surface area contributed by atoms with Crippen LogP contribution in [0.15, 0.2) is 12.3 Å². The monoisotopic (exact) mass is 193 g/mol. The van der Waals surface area contributed by atoms with Gasteiger partial charge in [0.1, 0.15) is 10.9 Å². The van der Waals surface area contributed by atoms with E-state index in [1.165, 1.54) is 13.2 Å². The van der Waals surface area contributed by atoms with Crippen molar-refractivity contribution in [3.05, 3.63) is 23.0 Å². The number of rotatable bonds is 2. The fourth-order valence-electron chi connectivity index (χ4n) is 0.764. The van der Waals surface area contributed by atoms with Crippen LogP contribution in [0.5, 0.6) is 5.75 Å². The first kappa shape index (κ1) is 9.19. The largest absolute Gasteiger partial charge is 0.496 e. The predicted molar refractivity (Wildman–Crippen MR) is 40.8 cm³/mol. The Labute approximate surface area is 73.1 Å². The van der Waals surface area contributed by atoms with Crippen LogP contribution in [0.2, 0.25) is 5.15 Å². The Morgan fingerprint density at radius 2 is 2.25 bits per heavy atom. The van der Waals surface area contributed by atoms with Gasteiger partial charge in [-0.3, -0.25) is 0 Å². The summed E-state index contributed by atoms with van der Waals surface area (Å²) in [4.78, 5) is 3.51. The molecule has 5 heteroatoms. The second-order valence-corrected chi connectivity index (χ2v) is 2.44. The smallest absolute Gasteiger partial charge is 0.268 e. The highest BCUT2D eigenvalue weighted by atomic mass is 35.5. The fourth-order valence-corrected chi connectivity index (χ4v) is 0.912. The molecule has 0 aliphatic heterocycles. The zero-order valence-electron chi connectivity index (χ0n) is 6.22. The highest BCUT2D eigenvalue weighted by molar-refractivity contribution is 6.29. The molecule has 0 amide bonds. The van der Waals surface area contributed by atoms with Gasteiger partial charge in [0.15, 0.2) is 0 Å². The van der Waals surface area contributed by atoms with Crippen LogP contribution in [-0.4, -0.2) is 12.1 Å². The number of hydrogen-bond donors (Lipinski definition) is 0. The van der Waals surface area contributed by atoms with Crippen LogP contribution in [0.4, 0.5) is 8.78 Å². The van der Waals surface area contributed by atoms with Gasteiger partial charge in [-0.15, -0.1) is 0 Å². The van der Waals surface area contributed by atoms with Crippen molar-refractivity contribution in [1.82, 2.24) is 4.98 Å². The molecule has 0 aromatic carbocycles. The Kier molecular flexibility index (Phi) is 2.81. The van der Waals surface area contributed by atoms with Crippen molar-refractivity contribution < 1.29 is 13.5 Å². The van der Waals surface area contributed by atoms with Crippen molar-refractivity contribution in [3.63, 3.8) is 0 Å². The summed E-state index contributed by atoms with van der Waals surface area (Å²) in [5.74, 6) is 0.0602. The molecule has 0 spiro atoms. The van der Waals surface area contributed by atoms with E-state index in [-0.39, 0.29) is 16.5 Å². The quantitative estimate of drug-likeness (QED) is 0.674. The van der Waals surface area contributed by atoms with E-state index >= 15 is 0 Å². The molecule has 1 rings (SSSR count). The van der Waals surface area contributed by atoms with Crippen molar-refractivity contribution in [2.24, 2.45) is 0 Å². The van der Waals surface area contributed by atoms with E-state index in [1.54, 1.807) is 0 Å². The lowest BCUT2D eigenvalue weighted by atomic mass is 10.3. The molecule has 0 saturated carbocycles. The molecule has 66 valence electrons. The molecule has 0 aliphatic rings. The number of aromatic nitrogens is 1. The van der Waals surface area contributed by atoms with Gasteiger partial charge in [0.05, 0.1) is 12.7 Å². The normalized spacial score (nSPS) is 10.4. The van der Waals surface area contributed by atoms with Crippen molar-refractivity contribution >= 4 is 11.6 Å². The minimum absolute atomic E-state index is 0.0602. The molecule has 0 atom stereocenters. The molecule has 0 radical (unpaired) electrons. The summed E-state index contributed by atoms with van der Waals surface area (Å²) in [7, 11) is 1.30. The maximum absolute atomic E-state index is 12.2. The molecule has 1 heterocycles. The third-order valence-corrected chi connectivity index (χ3v) is 1.52. The van der Waals surface area contributed by atoms with Gasteiger partial charge in [-0.25, -0.2) is 13.8 Å². The van der Waals surface area contributed by atoms with Gasteiger partial charge in [-0.2, -0.15) is 0 Å². The highest BCUT2D eigenvalue weighted by Gasteiger charge is 2.14. The van der Waals surface area contributed by atoms with Gasteiger partial charge in [0.2, 0.25) is 0 Å². The fraction of sp³-hybridized carbons (Fsp3) is 0.286. The second-order valence-electron chi connectivity index (χ2n) is 2.05. The third-order valence-electron chi connectivity index (χ3n) is 1.32. The van der Waals surface area contributed by atoms with E-state index in [0.29, 0.717) is 0 Å². The van der Waals surface area contributed by atoms with E-state index in [0.717, 1.165) is 6.20 Å². The lowest BCUT2D eigenvalue weighted by Crippen LogP contribution is -1.93. The molecule has 0 aliphatic carbocycles. The Morgan fingerprint density at radius 1 is 1.58 bits per heavy atom. The summed E-state index contributed by atoms with van der Waals surface area (Å²) in [6.45, 7) is 0. The average molecular weight is 194 g/mol. The van der Waals surface area contributed by atoms with Crippen LogP contribution < -0.4 is 4.74 Å². The number of nitrogens with zero attached hydrogens (tertiary/aromatic N) is 1. The highest BCUT2D eigenvalue weighted by Crippen LogP contribution is 2.29. The summed E-state index contributed by atoms with van der Waals surface area (Å²) >= 11 is 5.46. The van der Waals surface area contributed by atoms with Crippen LogP contribution in [-0.2, 0) is 0 Å². The number of halogens is 3. The lowest BCUT2D eigenvalue weighted by Gasteiger charge is -2.06. The standard InChI is InChI=1S/C7H6ClF2NO/c1-12-5-2-6(8)11-3-4(5)7(9)10/h2-3,7H,1H3. The minimum Gasteiger partial charge on any atom is -0.496 e. The molecular formula is C7H6ClF2NO. The molecule has 0 saturated heterocycles. The minimum atomic E-state index is -2.59. The van der Waals surface area contributed by atoms with Gasteiger partial charge in [-0.1, -0.05) is 11.6 Å². The number of ether oxygens (including phenoxy) is 1. The molecule has 0 unspecified atom stereocenters. The van der Waals surface area contributed by atoms with Crippen LogP contribution in [0.1, 0.15) is 12.0 Å². The lowest BCUT2D eigenvalue weighted by molar-refractivity contribution is 0.146. The molecule has 1 aromatic heterocycles. The maximum atomic E-state index is 12.2. The van der Waals surface area contributed by atoms with Crippen molar-refractivity contribution in [2.45, 2.75) is 6.43 Å². The summed E-state index contributed by atoms with van der Waals surface area (Å²) < 4.78 is 29.0. The van der Waals surface area contributed by atoms with Crippen LogP contribution in [0.25, 0.3) is 0 Å². The number of pyridine rings is 1. The second kappa shape index (κ2) is 3.67. The van der Waals surface area contributed by atoms with E-state index in [9.17, 15) is 8.78 Å². The summed E-state index contributed by atoms with van der Waals surface area (Å²) in [6, 6.07) is 1.25. The van der Waals surface area contributed by atoms with Gasteiger partial charge in [0.25, 0.3) is 6.43 Å². The first-order valence-corrected chi connectivity index (χ1v) is 3.50. The first-order chi connectivity index (χ1) is 5.65. The maximum Gasteiger partial charge on any atom is 0.268 e. The molecule has 0 fully saturated rings. The number of alkyl halides is 2. The Bertz CT molecular complexity index is 280. The average Bonchev–Trinajstić information content (AvgIpc) is 2.03. The number of methoxy groups -OCH3 is 1. The van der Waals surface area contributed by atoms with Crippen LogP contribution in [0.3, 0.4) is 0 Å². The van der Waals surface area contributed by atoms with Crippen molar-refractivity contribution in [2.75, 3.05) is 7.11 Å². The van der Waals surface area contributed by atoms with Gasteiger partial charge in [0, 0.05) is 12.3 Å². The Hall–Kier alpha value is -0.900. The van der Waals surface area contributed by atoms with E-state index < -0.39 is 6.43 Å². The Morgan fingerprint density at radius 3 is 2.75 bits per heavy atom. The molecule has 12 heavy (non-hydrogen) atoms. The van der Waals surface area contributed by atoms with E-state index in [1.807, 2.05) is 0 Å². The van der Waals surface area contributed by atoms with Crippen molar-refractivity contribution in [3.8, 4) is 5.75 Å². The molecule has 0 N–H and O–H groups in total. The zero-order valence-corrected chi connectivity index (χ0v) is 6.98. The molecular weight excluding hydrogens is 188 g/mol. The van der Waals surface area contributed by atoms with Crippen LogP contribution >= 0.6 is 11.6 Å².